The van der Waals surface area contributed by atoms with Crippen LogP contribution in [0.5, 0.6) is 0 Å². The fourth-order valence-corrected chi connectivity index (χ4v) is 3.37. The number of nitrogens with zero attached hydrogens (tertiary/aromatic N) is 1. The minimum Gasteiger partial charge on any atom is -0.378 e. The van der Waals surface area contributed by atoms with E-state index in [1.54, 1.807) is 18.2 Å². The van der Waals surface area contributed by atoms with Gasteiger partial charge in [-0.2, -0.15) is 0 Å². The molecule has 0 spiro atoms. The number of ether oxygens (including phenoxy) is 1. The Labute approximate surface area is 161 Å². The van der Waals surface area contributed by atoms with E-state index in [1.165, 1.54) is 0 Å². The van der Waals surface area contributed by atoms with Crippen LogP contribution in [-0.2, 0) is 16.0 Å². The monoisotopic (exact) mass is 398 g/mol. The van der Waals surface area contributed by atoms with Gasteiger partial charge in [0.1, 0.15) is 0 Å². The van der Waals surface area contributed by atoms with E-state index in [-0.39, 0.29) is 12.3 Å². The maximum absolute atomic E-state index is 12.5. The second-order valence-corrected chi connectivity index (χ2v) is 6.93. The van der Waals surface area contributed by atoms with Gasteiger partial charge in [0.25, 0.3) is 0 Å². The molecular weight excluding hydrogens is 383 g/mol. The maximum Gasteiger partial charge on any atom is 0.228 e. The molecule has 7 heteroatoms. The van der Waals surface area contributed by atoms with Crippen molar-refractivity contribution in [2.45, 2.75) is 6.42 Å². The molecule has 1 aliphatic rings. The number of rotatable bonds is 4. The van der Waals surface area contributed by atoms with E-state index in [0.29, 0.717) is 34.0 Å². The van der Waals surface area contributed by atoms with Crippen molar-refractivity contribution in [1.29, 1.82) is 0 Å². The van der Waals surface area contributed by atoms with Crippen molar-refractivity contribution < 1.29 is 9.53 Å². The summed E-state index contributed by atoms with van der Waals surface area (Å²) in [5, 5.41) is 4.46. The lowest BCUT2D eigenvalue weighted by molar-refractivity contribution is -0.115. The molecular formula is C18H17Cl3N2O2. The average Bonchev–Trinajstić information content (AvgIpc) is 2.59. The van der Waals surface area contributed by atoms with Gasteiger partial charge in [-0.25, -0.2) is 0 Å². The molecule has 1 heterocycles. The predicted octanol–water partition coefficient (Wildman–Crippen LogP) is 4.66. The van der Waals surface area contributed by atoms with Crippen molar-refractivity contribution in [2.24, 2.45) is 0 Å². The first-order chi connectivity index (χ1) is 12.0. The number of carbonyl (C=O) groups excluding carboxylic acids is 1. The lowest BCUT2D eigenvalue weighted by Crippen LogP contribution is -2.37. The number of nitrogens with one attached hydrogen (secondary N) is 1. The normalized spacial score (nSPS) is 14.4. The Morgan fingerprint density at radius 1 is 1.04 bits per heavy atom. The van der Waals surface area contributed by atoms with Crippen molar-refractivity contribution >= 4 is 52.1 Å². The first-order valence-corrected chi connectivity index (χ1v) is 9.03. The molecule has 2 aromatic carbocycles. The number of hydrogen-bond donors (Lipinski definition) is 1. The van der Waals surface area contributed by atoms with Gasteiger partial charge in [0.2, 0.25) is 5.91 Å². The van der Waals surface area contributed by atoms with Gasteiger partial charge in [0, 0.05) is 13.1 Å². The summed E-state index contributed by atoms with van der Waals surface area (Å²) < 4.78 is 5.39. The van der Waals surface area contributed by atoms with Gasteiger partial charge in [-0.05, 0) is 29.8 Å². The topological polar surface area (TPSA) is 41.6 Å². The number of amides is 1. The number of carbonyl (C=O) groups is 1. The molecule has 0 aromatic heterocycles. The van der Waals surface area contributed by atoms with Gasteiger partial charge < -0.3 is 15.0 Å². The summed E-state index contributed by atoms with van der Waals surface area (Å²) in [5.74, 6) is -0.143. The molecule has 1 saturated heterocycles. The highest BCUT2D eigenvalue weighted by Crippen LogP contribution is 2.34. The van der Waals surface area contributed by atoms with Gasteiger partial charge in [0.15, 0.2) is 0 Å². The molecule has 0 bridgehead atoms. The molecule has 0 saturated carbocycles. The van der Waals surface area contributed by atoms with Crippen molar-refractivity contribution in [3.05, 3.63) is 57.0 Å². The maximum atomic E-state index is 12.5. The van der Waals surface area contributed by atoms with Crippen molar-refractivity contribution in [3.8, 4) is 0 Å². The highest BCUT2D eigenvalue weighted by molar-refractivity contribution is 6.42. The van der Waals surface area contributed by atoms with Crippen LogP contribution in [-0.4, -0.2) is 32.2 Å². The SMILES string of the molecule is O=C(Cc1ccc(Cl)c(Cl)c1)Nc1cccc(Cl)c1N1CCOCC1. The predicted molar refractivity (Wildman–Crippen MR) is 103 cm³/mol. The molecule has 132 valence electrons. The summed E-state index contributed by atoms with van der Waals surface area (Å²) in [6.07, 6.45) is 0.200. The second kappa shape index (κ2) is 8.28. The van der Waals surface area contributed by atoms with E-state index < -0.39 is 0 Å². The van der Waals surface area contributed by atoms with Crippen LogP contribution in [0.1, 0.15) is 5.56 Å². The summed E-state index contributed by atoms with van der Waals surface area (Å²) >= 11 is 18.3. The Hall–Kier alpha value is -1.46. The van der Waals surface area contributed by atoms with Crippen LogP contribution in [0.4, 0.5) is 11.4 Å². The highest BCUT2D eigenvalue weighted by atomic mass is 35.5. The summed E-state index contributed by atoms with van der Waals surface area (Å²) in [7, 11) is 0. The van der Waals surface area contributed by atoms with E-state index in [2.05, 4.69) is 10.2 Å². The van der Waals surface area contributed by atoms with Crippen LogP contribution in [0, 0.1) is 0 Å². The van der Waals surface area contributed by atoms with Crippen LogP contribution in [0.2, 0.25) is 15.1 Å². The van der Waals surface area contributed by atoms with Crippen LogP contribution >= 0.6 is 34.8 Å². The van der Waals surface area contributed by atoms with Gasteiger partial charge in [-0.15, -0.1) is 0 Å². The Morgan fingerprint density at radius 3 is 2.52 bits per heavy atom. The van der Waals surface area contributed by atoms with Crippen molar-refractivity contribution in [1.82, 2.24) is 0 Å². The molecule has 0 aliphatic carbocycles. The summed E-state index contributed by atoms with van der Waals surface area (Å²) in [6.45, 7) is 2.75. The molecule has 4 nitrogen and oxygen atoms in total. The second-order valence-electron chi connectivity index (χ2n) is 5.71. The van der Waals surface area contributed by atoms with E-state index >= 15 is 0 Å². The third-order valence-corrected chi connectivity index (χ3v) is 4.98. The standard InChI is InChI=1S/C18H17Cl3N2O2/c19-13-5-4-12(10-15(13)21)11-17(24)22-16-3-1-2-14(20)18(16)23-6-8-25-9-7-23/h1-5,10H,6-9,11H2,(H,22,24). The zero-order valence-corrected chi connectivity index (χ0v) is 15.7. The minimum atomic E-state index is -0.143. The van der Waals surface area contributed by atoms with Gasteiger partial charge in [0.05, 0.1) is 46.1 Å². The van der Waals surface area contributed by atoms with Gasteiger partial charge in [-0.1, -0.05) is 46.9 Å². The number of para-hydroxylation sites is 1. The average molecular weight is 400 g/mol. The number of morpholine rings is 1. The number of benzene rings is 2. The van der Waals surface area contributed by atoms with Crippen LogP contribution in [0.3, 0.4) is 0 Å². The van der Waals surface area contributed by atoms with E-state index in [9.17, 15) is 4.79 Å². The van der Waals surface area contributed by atoms with Crippen LogP contribution < -0.4 is 10.2 Å². The van der Waals surface area contributed by atoms with E-state index in [4.69, 9.17) is 39.5 Å². The number of halogens is 3. The van der Waals surface area contributed by atoms with Gasteiger partial charge in [-0.3, -0.25) is 4.79 Å². The Morgan fingerprint density at radius 2 is 1.80 bits per heavy atom. The van der Waals surface area contributed by atoms with Crippen molar-refractivity contribution in [2.75, 3.05) is 36.5 Å². The Bertz CT molecular complexity index is 777. The molecule has 1 fully saturated rings. The summed E-state index contributed by atoms with van der Waals surface area (Å²) in [5.41, 5.74) is 2.32. The molecule has 0 radical (unpaired) electrons. The molecule has 1 aliphatic heterocycles. The van der Waals surface area contributed by atoms with Gasteiger partial charge >= 0.3 is 0 Å². The lowest BCUT2D eigenvalue weighted by atomic mass is 10.1. The highest BCUT2D eigenvalue weighted by Gasteiger charge is 2.19. The summed E-state index contributed by atoms with van der Waals surface area (Å²) in [4.78, 5) is 14.6. The quantitative estimate of drug-likeness (QED) is 0.812. The molecule has 3 rings (SSSR count). The zero-order chi connectivity index (χ0) is 17.8. The smallest absolute Gasteiger partial charge is 0.228 e. The molecule has 0 unspecified atom stereocenters. The largest absolute Gasteiger partial charge is 0.378 e. The molecule has 2 aromatic rings. The summed E-state index contributed by atoms with van der Waals surface area (Å²) in [6, 6.07) is 10.7. The number of anilines is 2. The zero-order valence-electron chi connectivity index (χ0n) is 13.4. The van der Waals surface area contributed by atoms with E-state index in [0.717, 1.165) is 24.3 Å². The van der Waals surface area contributed by atoms with Crippen LogP contribution in [0.15, 0.2) is 36.4 Å². The minimum absolute atomic E-state index is 0.143. The Balaban J connectivity index is 1.76. The number of hydrogen-bond acceptors (Lipinski definition) is 3. The molecule has 0 atom stereocenters. The first kappa shape index (κ1) is 18.3. The van der Waals surface area contributed by atoms with Crippen molar-refractivity contribution in [3.63, 3.8) is 0 Å². The van der Waals surface area contributed by atoms with E-state index in [1.807, 2.05) is 18.2 Å². The van der Waals surface area contributed by atoms with Crippen LogP contribution in [0.25, 0.3) is 0 Å². The fourth-order valence-electron chi connectivity index (χ4n) is 2.75. The molecule has 1 amide bonds. The Kier molecular flexibility index (Phi) is 6.07. The third kappa shape index (κ3) is 4.59. The fraction of sp³-hybridized carbons (Fsp3) is 0.278. The molecule has 1 N–H and O–H groups in total. The third-order valence-electron chi connectivity index (χ3n) is 3.94. The lowest BCUT2D eigenvalue weighted by Gasteiger charge is -2.31. The molecule has 25 heavy (non-hydrogen) atoms. The first-order valence-electron chi connectivity index (χ1n) is 7.89.